The number of aromatic nitrogens is 2. The van der Waals surface area contributed by atoms with Crippen molar-refractivity contribution in [2.24, 2.45) is 10.7 Å². The maximum Gasteiger partial charge on any atom is 0.144 e. The van der Waals surface area contributed by atoms with Crippen LogP contribution in [0.2, 0.25) is 0 Å². The molecule has 4 rings (SSSR count). The van der Waals surface area contributed by atoms with Crippen molar-refractivity contribution in [3.05, 3.63) is 53.9 Å². The number of nitrogens with one attached hydrogen (secondary N) is 1. The number of hydrogen-bond acceptors (Lipinski definition) is 8. The van der Waals surface area contributed by atoms with Gasteiger partial charge >= 0.3 is 0 Å². The molecule has 33 heavy (non-hydrogen) atoms. The summed E-state index contributed by atoms with van der Waals surface area (Å²) in [7, 11) is -1.79. The first-order valence-corrected chi connectivity index (χ1v) is 11.8. The van der Waals surface area contributed by atoms with Gasteiger partial charge in [-0.05, 0) is 39.0 Å². The van der Waals surface area contributed by atoms with Crippen LogP contribution in [-0.4, -0.2) is 42.5 Å². The highest BCUT2D eigenvalue weighted by Crippen LogP contribution is 2.59. The number of benzene rings is 2. The van der Waals surface area contributed by atoms with Crippen LogP contribution in [0.5, 0.6) is 5.75 Å². The molecule has 1 aromatic heterocycles. The van der Waals surface area contributed by atoms with E-state index in [1.807, 2.05) is 0 Å². The monoisotopic (exact) mass is 477 g/mol. The van der Waals surface area contributed by atoms with Crippen LogP contribution >= 0.6 is 10.6 Å². The molecule has 0 fully saturated rings. The van der Waals surface area contributed by atoms with Gasteiger partial charge in [-0.15, -0.1) is 0 Å². The Bertz CT molecular complexity index is 1280. The SMILES string of the molecule is COc1cc(F)c2c(Nc3ccc(F)c([C@]4(C)CS(O)(O)C(C)(C)C(N)=N4)c3)ncnc2c1. The standard InChI is InChI=1S/C22H25F2N5O3S/c1-21(2)20(25)29-22(3,10-33(21,30)31)14-7-12(5-6-15(14)23)28-19-18-16(24)8-13(32-4)9-17(18)26-11-27-19/h5-9,11,30-31H,10H2,1-4H3,(H2,25,29)(H,26,27,28)/t22-/m0/s1. The first kappa shape index (κ1) is 23.1. The Hall–Kier alpha value is -3.02. The molecule has 0 aliphatic carbocycles. The van der Waals surface area contributed by atoms with Crippen molar-refractivity contribution in [1.29, 1.82) is 0 Å². The number of ether oxygens (including phenoxy) is 1. The fourth-order valence-corrected chi connectivity index (χ4v) is 5.54. The van der Waals surface area contributed by atoms with E-state index >= 15 is 0 Å². The van der Waals surface area contributed by atoms with Gasteiger partial charge in [0.1, 0.15) is 45.7 Å². The number of fused-ring (bicyclic) bond motifs is 1. The predicted octanol–water partition coefficient (Wildman–Crippen LogP) is 4.78. The summed E-state index contributed by atoms with van der Waals surface area (Å²) in [6.07, 6.45) is 1.28. The van der Waals surface area contributed by atoms with Gasteiger partial charge in [0.25, 0.3) is 0 Å². The third-order valence-corrected chi connectivity index (χ3v) is 8.80. The van der Waals surface area contributed by atoms with E-state index in [9.17, 15) is 17.9 Å². The third-order valence-electron chi connectivity index (χ3n) is 5.99. The lowest BCUT2D eigenvalue weighted by atomic mass is 9.92. The zero-order valence-electron chi connectivity index (χ0n) is 18.6. The van der Waals surface area contributed by atoms with Gasteiger partial charge in [0, 0.05) is 23.4 Å². The van der Waals surface area contributed by atoms with Gasteiger partial charge in [0.15, 0.2) is 0 Å². The summed E-state index contributed by atoms with van der Waals surface area (Å²) in [5, 5.41) is 3.15. The van der Waals surface area contributed by atoms with Crippen LogP contribution in [0.25, 0.3) is 10.9 Å². The molecule has 0 bridgehead atoms. The molecule has 0 unspecified atom stereocenters. The quantitative estimate of drug-likeness (QED) is 0.426. The summed E-state index contributed by atoms with van der Waals surface area (Å²) >= 11 is 0. The average Bonchev–Trinajstić information content (AvgIpc) is 2.73. The van der Waals surface area contributed by atoms with Gasteiger partial charge in [-0.3, -0.25) is 14.1 Å². The summed E-state index contributed by atoms with van der Waals surface area (Å²) in [5.41, 5.74) is 5.60. The largest absolute Gasteiger partial charge is 0.497 e. The molecule has 1 aliphatic rings. The van der Waals surface area contributed by atoms with Crippen LogP contribution in [0.1, 0.15) is 26.3 Å². The number of aliphatic imine (C=N–C) groups is 1. The summed E-state index contributed by atoms with van der Waals surface area (Å²) < 4.78 is 55.1. The van der Waals surface area contributed by atoms with E-state index in [1.165, 1.54) is 37.7 Å². The fourth-order valence-electron chi connectivity index (χ4n) is 3.79. The number of rotatable bonds is 4. The van der Waals surface area contributed by atoms with Crippen LogP contribution in [0.4, 0.5) is 20.3 Å². The highest BCUT2D eigenvalue weighted by atomic mass is 32.3. The summed E-state index contributed by atoms with van der Waals surface area (Å²) in [4.78, 5) is 12.7. The van der Waals surface area contributed by atoms with Crippen molar-refractivity contribution in [3.63, 3.8) is 0 Å². The molecule has 11 heteroatoms. The van der Waals surface area contributed by atoms with Gasteiger partial charge in [-0.25, -0.2) is 18.7 Å². The molecule has 0 saturated heterocycles. The first-order valence-electron chi connectivity index (χ1n) is 10.0. The normalized spacial score (nSPS) is 22.5. The number of nitrogens with two attached hydrogens (primary N) is 1. The lowest BCUT2D eigenvalue weighted by Crippen LogP contribution is -2.52. The first-order chi connectivity index (χ1) is 15.4. The van der Waals surface area contributed by atoms with E-state index in [0.29, 0.717) is 17.0 Å². The molecule has 0 saturated carbocycles. The van der Waals surface area contributed by atoms with Crippen molar-refractivity contribution >= 4 is 38.8 Å². The van der Waals surface area contributed by atoms with Gasteiger partial charge in [-0.1, -0.05) is 0 Å². The van der Waals surface area contributed by atoms with E-state index in [2.05, 4.69) is 20.3 Å². The smallest absolute Gasteiger partial charge is 0.144 e. The molecule has 8 nitrogen and oxygen atoms in total. The Kier molecular flexibility index (Phi) is 5.46. The minimum Gasteiger partial charge on any atom is -0.497 e. The van der Waals surface area contributed by atoms with Crippen LogP contribution in [0.15, 0.2) is 41.7 Å². The molecule has 2 heterocycles. The Labute approximate surface area is 191 Å². The van der Waals surface area contributed by atoms with E-state index in [0.717, 1.165) is 0 Å². The number of nitrogens with zero attached hydrogens (tertiary/aromatic N) is 3. The third kappa shape index (κ3) is 3.85. The maximum absolute atomic E-state index is 14.9. The van der Waals surface area contributed by atoms with E-state index in [4.69, 9.17) is 10.5 Å². The second kappa shape index (κ2) is 7.79. The molecule has 176 valence electrons. The maximum atomic E-state index is 14.9. The van der Waals surface area contributed by atoms with Crippen LogP contribution in [0.3, 0.4) is 0 Å². The number of methoxy groups -OCH3 is 1. The molecule has 3 aromatic rings. The van der Waals surface area contributed by atoms with Gasteiger partial charge in [-0.2, -0.15) is 10.6 Å². The Morgan fingerprint density at radius 3 is 2.48 bits per heavy atom. The van der Waals surface area contributed by atoms with Crippen LogP contribution < -0.4 is 15.8 Å². The number of amidine groups is 1. The molecule has 0 amide bonds. The Morgan fingerprint density at radius 2 is 1.82 bits per heavy atom. The van der Waals surface area contributed by atoms with Crippen molar-refractivity contribution in [2.45, 2.75) is 31.1 Å². The molecule has 5 N–H and O–H groups in total. The van der Waals surface area contributed by atoms with Crippen LogP contribution in [0, 0.1) is 11.6 Å². The van der Waals surface area contributed by atoms with E-state index in [-0.39, 0.29) is 28.4 Å². The summed E-state index contributed by atoms with van der Waals surface area (Å²) in [5.74, 6) is -0.831. The lowest BCUT2D eigenvalue weighted by Gasteiger charge is -2.53. The van der Waals surface area contributed by atoms with E-state index < -0.39 is 32.5 Å². The lowest BCUT2D eigenvalue weighted by molar-refractivity contribution is 0.412. The predicted molar refractivity (Wildman–Crippen MR) is 126 cm³/mol. The fraction of sp³-hybridized carbons (Fsp3) is 0.318. The molecule has 1 atom stereocenters. The molecule has 0 spiro atoms. The Balaban J connectivity index is 1.78. The number of halogens is 2. The Morgan fingerprint density at radius 1 is 1.09 bits per heavy atom. The number of anilines is 2. The highest BCUT2D eigenvalue weighted by molar-refractivity contribution is 8.26. The summed E-state index contributed by atoms with van der Waals surface area (Å²) in [6.45, 7) is 4.79. The number of hydrogen-bond donors (Lipinski definition) is 4. The van der Waals surface area contributed by atoms with Crippen molar-refractivity contribution < 1.29 is 22.6 Å². The van der Waals surface area contributed by atoms with Crippen molar-refractivity contribution in [1.82, 2.24) is 9.97 Å². The van der Waals surface area contributed by atoms with Crippen molar-refractivity contribution in [3.8, 4) is 5.75 Å². The molecular weight excluding hydrogens is 452 g/mol. The van der Waals surface area contributed by atoms with Crippen molar-refractivity contribution in [2.75, 3.05) is 18.2 Å². The van der Waals surface area contributed by atoms with Crippen LogP contribution in [-0.2, 0) is 5.54 Å². The second-order valence-corrected chi connectivity index (χ2v) is 11.3. The minimum absolute atomic E-state index is 0.0341. The molecule has 2 aromatic carbocycles. The second-order valence-electron chi connectivity index (χ2n) is 8.64. The zero-order valence-corrected chi connectivity index (χ0v) is 19.4. The minimum atomic E-state index is -3.22. The molecule has 1 aliphatic heterocycles. The van der Waals surface area contributed by atoms with Gasteiger partial charge in [0.2, 0.25) is 0 Å². The average molecular weight is 478 g/mol. The summed E-state index contributed by atoms with van der Waals surface area (Å²) in [6, 6.07) is 6.97. The van der Waals surface area contributed by atoms with Gasteiger partial charge in [0.05, 0.1) is 23.8 Å². The molecule has 0 radical (unpaired) electrons. The molecular formula is C22H25F2N5O3S. The topological polar surface area (TPSA) is 126 Å². The van der Waals surface area contributed by atoms with Gasteiger partial charge < -0.3 is 15.8 Å². The highest BCUT2D eigenvalue weighted by Gasteiger charge is 2.49. The zero-order chi connectivity index (χ0) is 24.2. The van der Waals surface area contributed by atoms with E-state index in [1.54, 1.807) is 26.8 Å².